The number of carbonyl (C=O) groups excluding carboxylic acids is 1. The van der Waals surface area contributed by atoms with Crippen LogP contribution in [-0.2, 0) is 9.53 Å². The Morgan fingerprint density at radius 2 is 2.08 bits per heavy atom. The highest BCUT2D eigenvalue weighted by Gasteiger charge is 1.99. The van der Waals surface area contributed by atoms with Crippen LogP contribution in [0.1, 0.15) is 46.0 Å². The molecule has 76 valence electrons. The number of ether oxygens (including phenoxy) is 1. The monoisotopic (exact) mass is 184 g/mol. The zero-order valence-electron chi connectivity index (χ0n) is 8.71. The van der Waals surface area contributed by atoms with E-state index in [9.17, 15) is 4.79 Å². The third-order valence-corrected chi connectivity index (χ3v) is 1.68. The first kappa shape index (κ1) is 12.2. The third kappa shape index (κ3) is 9.12. The summed E-state index contributed by atoms with van der Waals surface area (Å²) in [6.07, 6.45) is 8.49. The Labute approximate surface area is 81.0 Å². The van der Waals surface area contributed by atoms with E-state index < -0.39 is 0 Å². The Hall–Kier alpha value is -0.790. The molecule has 0 amide bonds. The van der Waals surface area contributed by atoms with Gasteiger partial charge in [-0.2, -0.15) is 0 Å². The number of hydrogen-bond donors (Lipinski definition) is 0. The predicted molar refractivity (Wildman–Crippen MR) is 54.5 cm³/mol. The van der Waals surface area contributed by atoms with Crippen molar-refractivity contribution in [3.63, 3.8) is 0 Å². The van der Waals surface area contributed by atoms with Crippen molar-refractivity contribution in [1.29, 1.82) is 0 Å². The average molecular weight is 184 g/mol. The second-order valence-corrected chi connectivity index (χ2v) is 2.99. The van der Waals surface area contributed by atoms with Gasteiger partial charge in [-0.25, -0.2) is 0 Å². The van der Waals surface area contributed by atoms with Crippen LogP contribution in [0, 0.1) is 0 Å². The fourth-order valence-corrected chi connectivity index (χ4v) is 0.888. The van der Waals surface area contributed by atoms with Gasteiger partial charge < -0.3 is 4.74 Å². The maximum absolute atomic E-state index is 11.0. The van der Waals surface area contributed by atoms with Crippen molar-refractivity contribution in [2.45, 2.75) is 46.0 Å². The highest BCUT2D eigenvalue weighted by Crippen LogP contribution is 1.97. The molecule has 0 N–H and O–H groups in total. The SMILES string of the molecule is CC/C=C\CCC(=O)OCCCC. The topological polar surface area (TPSA) is 26.3 Å². The number of allylic oxidation sites excluding steroid dienone is 2. The van der Waals surface area contributed by atoms with E-state index in [4.69, 9.17) is 4.74 Å². The number of carbonyl (C=O) groups is 1. The zero-order valence-corrected chi connectivity index (χ0v) is 8.71. The Morgan fingerprint density at radius 1 is 1.31 bits per heavy atom. The predicted octanol–water partition coefficient (Wildman–Crippen LogP) is 3.08. The van der Waals surface area contributed by atoms with Crippen molar-refractivity contribution < 1.29 is 9.53 Å². The van der Waals surface area contributed by atoms with Gasteiger partial charge in [-0.1, -0.05) is 32.4 Å². The van der Waals surface area contributed by atoms with Crippen molar-refractivity contribution in [2.75, 3.05) is 6.61 Å². The summed E-state index contributed by atoms with van der Waals surface area (Å²) < 4.78 is 4.99. The lowest BCUT2D eigenvalue weighted by Crippen LogP contribution is -2.04. The number of rotatable bonds is 7. The summed E-state index contributed by atoms with van der Waals surface area (Å²) in [6.45, 7) is 4.74. The molecule has 13 heavy (non-hydrogen) atoms. The summed E-state index contributed by atoms with van der Waals surface area (Å²) in [7, 11) is 0. The lowest BCUT2D eigenvalue weighted by atomic mass is 10.3. The van der Waals surface area contributed by atoms with Gasteiger partial charge in [0.25, 0.3) is 0 Å². The Morgan fingerprint density at radius 3 is 2.69 bits per heavy atom. The highest BCUT2D eigenvalue weighted by molar-refractivity contribution is 5.69. The summed E-state index contributed by atoms with van der Waals surface area (Å²) in [5, 5.41) is 0. The molecule has 0 aliphatic carbocycles. The molecule has 0 fully saturated rings. The van der Waals surface area contributed by atoms with Crippen LogP contribution in [-0.4, -0.2) is 12.6 Å². The minimum Gasteiger partial charge on any atom is -0.466 e. The molecule has 2 nitrogen and oxygen atoms in total. The molecule has 0 radical (unpaired) electrons. The summed E-state index contributed by atoms with van der Waals surface area (Å²) in [5.41, 5.74) is 0. The molecule has 0 saturated carbocycles. The number of esters is 1. The molecule has 2 heteroatoms. The van der Waals surface area contributed by atoms with Crippen LogP contribution in [0.3, 0.4) is 0 Å². The van der Waals surface area contributed by atoms with Crippen LogP contribution < -0.4 is 0 Å². The molecular weight excluding hydrogens is 164 g/mol. The second kappa shape index (κ2) is 9.30. The summed E-state index contributed by atoms with van der Waals surface area (Å²) in [4.78, 5) is 11.0. The average Bonchev–Trinajstić information content (AvgIpc) is 2.13. The maximum Gasteiger partial charge on any atom is 0.306 e. The van der Waals surface area contributed by atoms with Crippen molar-refractivity contribution in [3.8, 4) is 0 Å². The Kier molecular flexibility index (Phi) is 8.73. The smallest absolute Gasteiger partial charge is 0.306 e. The zero-order chi connectivity index (χ0) is 9.94. The molecule has 0 aromatic rings. The van der Waals surface area contributed by atoms with Crippen molar-refractivity contribution in [1.82, 2.24) is 0 Å². The first-order valence-electron chi connectivity index (χ1n) is 5.11. The molecule has 0 spiro atoms. The molecule has 0 heterocycles. The van der Waals surface area contributed by atoms with E-state index in [2.05, 4.69) is 19.9 Å². The van der Waals surface area contributed by atoms with Gasteiger partial charge in [-0.3, -0.25) is 4.79 Å². The van der Waals surface area contributed by atoms with E-state index in [-0.39, 0.29) is 5.97 Å². The molecule has 0 aromatic heterocycles. The molecule has 0 rings (SSSR count). The third-order valence-electron chi connectivity index (χ3n) is 1.68. The Bertz CT molecular complexity index is 150. The van der Waals surface area contributed by atoms with Crippen LogP contribution in [0.5, 0.6) is 0 Å². The van der Waals surface area contributed by atoms with E-state index in [0.29, 0.717) is 13.0 Å². The van der Waals surface area contributed by atoms with Gasteiger partial charge in [0.2, 0.25) is 0 Å². The molecule has 0 unspecified atom stereocenters. The quantitative estimate of drug-likeness (QED) is 0.345. The van der Waals surface area contributed by atoms with Gasteiger partial charge in [0.15, 0.2) is 0 Å². The summed E-state index contributed by atoms with van der Waals surface area (Å²) in [6, 6.07) is 0. The first-order valence-corrected chi connectivity index (χ1v) is 5.11. The highest BCUT2D eigenvalue weighted by atomic mass is 16.5. The van der Waals surface area contributed by atoms with E-state index >= 15 is 0 Å². The fourth-order valence-electron chi connectivity index (χ4n) is 0.888. The van der Waals surface area contributed by atoms with Gasteiger partial charge in [-0.05, 0) is 19.3 Å². The number of hydrogen-bond acceptors (Lipinski definition) is 2. The molecule has 0 aliphatic rings. The van der Waals surface area contributed by atoms with Crippen molar-refractivity contribution >= 4 is 5.97 Å². The summed E-state index contributed by atoms with van der Waals surface area (Å²) in [5.74, 6) is -0.0748. The van der Waals surface area contributed by atoms with Crippen LogP contribution in [0.25, 0.3) is 0 Å². The minimum atomic E-state index is -0.0748. The van der Waals surface area contributed by atoms with Gasteiger partial charge >= 0.3 is 5.97 Å². The maximum atomic E-state index is 11.0. The van der Waals surface area contributed by atoms with Crippen LogP contribution >= 0.6 is 0 Å². The standard InChI is InChI=1S/C11H20O2/c1-3-5-7-8-9-11(12)13-10-6-4-2/h5,7H,3-4,6,8-10H2,1-2H3/b7-5-. The molecule has 0 bridgehead atoms. The largest absolute Gasteiger partial charge is 0.466 e. The van der Waals surface area contributed by atoms with Gasteiger partial charge in [0.1, 0.15) is 0 Å². The van der Waals surface area contributed by atoms with Crippen molar-refractivity contribution in [3.05, 3.63) is 12.2 Å². The van der Waals surface area contributed by atoms with Crippen LogP contribution in [0.4, 0.5) is 0 Å². The molecular formula is C11H20O2. The van der Waals surface area contributed by atoms with Crippen molar-refractivity contribution in [2.24, 2.45) is 0 Å². The van der Waals surface area contributed by atoms with E-state index in [1.54, 1.807) is 0 Å². The molecule has 0 saturated heterocycles. The van der Waals surface area contributed by atoms with E-state index in [1.807, 2.05) is 6.08 Å². The summed E-state index contributed by atoms with van der Waals surface area (Å²) >= 11 is 0. The fraction of sp³-hybridized carbons (Fsp3) is 0.727. The van der Waals surface area contributed by atoms with Crippen LogP contribution in [0.2, 0.25) is 0 Å². The number of unbranched alkanes of at least 4 members (excludes halogenated alkanes) is 1. The lowest BCUT2D eigenvalue weighted by Gasteiger charge is -2.01. The first-order chi connectivity index (χ1) is 6.31. The molecule has 0 aliphatic heterocycles. The lowest BCUT2D eigenvalue weighted by molar-refractivity contribution is -0.143. The van der Waals surface area contributed by atoms with Gasteiger partial charge in [0, 0.05) is 6.42 Å². The molecule has 0 atom stereocenters. The molecule has 0 aromatic carbocycles. The second-order valence-electron chi connectivity index (χ2n) is 2.99. The van der Waals surface area contributed by atoms with Crippen LogP contribution in [0.15, 0.2) is 12.2 Å². The van der Waals surface area contributed by atoms with Gasteiger partial charge in [-0.15, -0.1) is 0 Å². The normalized spacial score (nSPS) is 10.6. The van der Waals surface area contributed by atoms with E-state index in [0.717, 1.165) is 25.7 Å². The van der Waals surface area contributed by atoms with E-state index in [1.165, 1.54) is 0 Å². The minimum absolute atomic E-state index is 0.0748. The Balaban J connectivity index is 3.25. The van der Waals surface area contributed by atoms with Gasteiger partial charge in [0.05, 0.1) is 6.61 Å².